The first-order chi connectivity index (χ1) is 7.08. The van der Waals surface area contributed by atoms with E-state index in [0.717, 1.165) is 15.6 Å². The maximum atomic E-state index is 11.2. The van der Waals surface area contributed by atoms with Crippen LogP contribution in [0.3, 0.4) is 0 Å². The molecule has 82 valence electrons. The van der Waals surface area contributed by atoms with Gasteiger partial charge in [-0.2, -0.15) is 0 Å². The molecule has 0 spiro atoms. The molecule has 0 saturated heterocycles. The van der Waals surface area contributed by atoms with Crippen molar-refractivity contribution in [3.63, 3.8) is 0 Å². The Kier molecular flexibility index (Phi) is 5.09. The summed E-state index contributed by atoms with van der Waals surface area (Å²) >= 11 is 12.6. The summed E-state index contributed by atoms with van der Waals surface area (Å²) in [6.45, 7) is 0. The number of alkyl halides is 1. The highest BCUT2D eigenvalue weighted by Crippen LogP contribution is 2.27. The minimum absolute atomic E-state index is 0.245. The maximum absolute atomic E-state index is 11.2. The first kappa shape index (κ1) is 13.0. The molecule has 2 nitrogen and oxygen atoms in total. The third-order valence-electron chi connectivity index (χ3n) is 1.95. The van der Waals surface area contributed by atoms with Gasteiger partial charge in [-0.15, -0.1) is 0 Å². The number of rotatable bonds is 3. The lowest BCUT2D eigenvalue weighted by Crippen LogP contribution is -2.07. The standard InChI is InChI=1S/C10H9Br2ClO2/c1-15-10(14)4-8-6(5-11)2-7(13)3-9(8)12/h2-3H,4-5H2,1H3. The van der Waals surface area contributed by atoms with Gasteiger partial charge in [0.25, 0.3) is 0 Å². The highest BCUT2D eigenvalue weighted by atomic mass is 79.9. The topological polar surface area (TPSA) is 26.3 Å². The Balaban J connectivity index is 3.09. The average Bonchev–Trinajstić information content (AvgIpc) is 2.21. The Bertz CT molecular complexity index is 380. The third-order valence-corrected chi connectivity index (χ3v) is 3.48. The van der Waals surface area contributed by atoms with Crippen LogP contribution >= 0.6 is 43.5 Å². The largest absolute Gasteiger partial charge is 0.469 e. The zero-order valence-electron chi connectivity index (χ0n) is 8.02. The van der Waals surface area contributed by atoms with Crippen molar-refractivity contribution in [2.45, 2.75) is 11.8 Å². The number of carbonyl (C=O) groups is 1. The summed E-state index contributed by atoms with van der Waals surface area (Å²) in [5, 5.41) is 1.29. The van der Waals surface area contributed by atoms with Gasteiger partial charge in [0, 0.05) is 14.8 Å². The van der Waals surface area contributed by atoms with Crippen LogP contribution < -0.4 is 0 Å². The van der Waals surface area contributed by atoms with Gasteiger partial charge in [-0.1, -0.05) is 43.5 Å². The van der Waals surface area contributed by atoms with Crippen molar-refractivity contribution in [1.29, 1.82) is 0 Å². The lowest BCUT2D eigenvalue weighted by molar-refractivity contribution is -0.139. The minimum Gasteiger partial charge on any atom is -0.469 e. The molecule has 1 aromatic rings. The monoisotopic (exact) mass is 354 g/mol. The van der Waals surface area contributed by atoms with E-state index in [0.29, 0.717) is 10.4 Å². The smallest absolute Gasteiger partial charge is 0.310 e. The Hall–Kier alpha value is -0.0600. The normalized spacial score (nSPS) is 10.1. The molecule has 0 unspecified atom stereocenters. The van der Waals surface area contributed by atoms with Crippen molar-refractivity contribution < 1.29 is 9.53 Å². The first-order valence-corrected chi connectivity index (χ1v) is 6.47. The predicted octanol–water partition coefficient (Wildman–Crippen LogP) is 3.71. The number of benzene rings is 1. The summed E-state index contributed by atoms with van der Waals surface area (Å²) in [6.07, 6.45) is 0.245. The molecule has 0 aliphatic carbocycles. The number of methoxy groups -OCH3 is 1. The second-order valence-corrected chi connectivity index (χ2v) is 4.76. The van der Waals surface area contributed by atoms with E-state index >= 15 is 0 Å². The summed E-state index contributed by atoms with van der Waals surface area (Å²) in [7, 11) is 1.37. The van der Waals surface area contributed by atoms with E-state index in [-0.39, 0.29) is 12.4 Å². The van der Waals surface area contributed by atoms with Crippen LogP contribution in [0.5, 0.6) is 0 Å². The number of ether oxygens (including phenoxy) is 1. The summed E-state index contributed by atoms with van der Waals surface area (Å²) in [4.78, 5) is 11.2. The van der Waals surface area contributed by atoms with Crippen LogP contribution in [0.1, 0.15) is 11.1 Å². The number of carbonyl (C=O) groups excluding carboxylic acids is 1. The molecule has 0 aliphatic heterocycles. The second kappa shape index (κ2) is 5.87. The van der Waals surface area contributed by atoms with Crippen LogP contribution in [0, 0.1) is 0 Å². The van der Waals surface area contributed by atoms with Crippen molar-refractivity contribution in [3.8, 4) is 0 Å². The molecular formula is C10H9Br2ClO2. The van der Waals surface area contributed by atoms with Crippen LogP contribution in [-0.2, 0) is 21.3 Å². The predicted molar refractivity (Wildman–Crippen MR) is 67.5 cm³/mol. The third kappa shape index (κ3) is 3.47. The number of hydrogen-bond acceptors (Lipinski definition) is 2. The van der Waals surface area contributed by atoms with Gasteiger partial charge in [0.05, 0.1) is 13.5 Å². The van der Waals surface area contributed by atoms with Crippen LogP contribution in [0.4, 0.5) is 0 Å². The molecule has 0 saturated carbocycles. The van der Waals surface area contributed by atoms with Crippen LogP contribution in [-0.4, -0.2) is 13.1 Å². The molecule has 0 bridgehead atoms. The van der Waals surface area contributed by atoms with Gasteiger partial charge in [-0.25, -0.2) is 0 Å². The van der Waals surface area contributed by atoms with E-state index in [1.807, 2.05) is 6.07 Å². The van der Waals surface area contributed by atoms with E-state index in [9.17, 15) is 4.79 Å². The van der Waals surface area contributed by atoms with E-state index < -0.39 is 0 Å². The van der Waals surface area contributed by atoms with E-state index in [2.05, 4.69) is 36.6 Å². The fraction of sp³-hybridized carbons (Fsp3) is 0.300. The summed E-state index contributed by atoms with van der Waals surface area (Å²) in [6, 6.07) is 3.60. The molecule has 0 aromatic heterocycles. The Morgan fingerprint density at radius 2 is 2.20 bits per heavy atom. The number of esters is 1. The van der Waals surface area contributed by atoms with Gasteiger partial charge in [-0.3, -0.25) is 4.79 Å². The molecule has 0 radical (unpaired) electrons. The molecule has 0 atom stereocenters. The SMILES string of the molecule is COC(=O)Cc1c(Br)cc(Cl)cc1CBr. The summed E-state index contributed by atoms with van der Waals surface area (Å²) in [5.74, 6) is -0.264. The molecule has 0 amide bonds. The van der Waals surface area contributed by atoms with Crippen molar-refractivity contribution >= 4 is 49.4 Å². The summed E-state index contributed by atoms with van der Waals surface area (Å²) < 4.78 is 5.46. The molecule has 0 fully saturated rings. The Morgan fingerprint density at radius 3 is 2.73 bits per heavy atom. The van der Waals surface area contributed by atoms with Gasteiger partial charge in [0.15, 0.2) is 0 Å². The Morgan fingerprint density at radius 1 is 1.53 bits per heavy atom. The van der Waals surface area contributed by atoms with E-state index in [1.165, 1.54) is 7.11 Å². The molecule has 0 heterocycles. The lowest BCUT2D eigenvalue weighted by Gasteiger charge is -2.09. The molecule has 0 N–H and O–H groups in total. The quantitative estimate of drug-likeness (QED) is 0.610. The van der Waals surface area contributed by atoms with E-state index in [1.54, 1.807) is 6.07 Å². The number of hydrogen-bond donors (Lipinski definition) is 0. The average molecular weight is 356 g/mol. The maximum Gasteiger partial charge on any atom is 0.310 e. The highest BCUT2D eigenvalue weighted by molar-refractivity contribution is 9.10. The number of halogens is 3. The molecule has 1 rings (SSSR count). The zero-order valence-corrected chi connectivity index (χ0v) is 11.9. The van der Waals surface area contributed by atoms with Crippen LogP contribution in [0.2, 0.25) is 5.02 Å². The van der Waals surface area contributed by atoms with Gasteiger partial charge in [0.1, 0.15) is 0 Å². The first-order valence-electron chi connectivity index (χ1n) is 4.18. The van der Waals surface area contributed by atoms with E-state index in [4.69, 9.17) is 11.6 Å². The minimum atomic E-state index is -0.264. The van der Waals surface area contributed by atoms with Gasteiger partial charge in [-0.05, 0) is 23.3 Å². The molecule has 0 aliphatic rings. The highest BCUT2D eigenvalue weighted by Gasteiger charge is 2.12. The van der Waals surface area contributed by atoms with Gasteiger partial charge in [0.2, 0.25) is 0 Å². The zero-order chi connectivity index (χ0) is 11.4. The van der Waals surface area contributed by atoms with Crippen LogP contribution in [0.25, 0.3) is 0 Å². The van der Waals surface area contributed by atoms with Crippen LogP contribution in [0.15, 0.2) is 16.6 Å². The molecule has 1 aromatic carbocycles. The van der Waals surface area contributed by atoms with Crippen molar-refractivity contribution in [1.82, 2.24) is 0 Å². The van der Waals surface area contributed by atoms with Gasteiger partial charge < -0.3 is 4.74 Å². The van der Waals surface area contributed by atoms with Crippen molar-refractivity contribution in [3.05, 3.63) is 32.8 Å². The second-order valence-electron chi connectivity index (χ2n) is 2.91. The molecular weight excluding hydrogens is 347 g/mol. The molecule has 15 heavy (non-hydrogen) atoms. The summed E-state index contributed by atoms with van der Waals surface area (Å²) in [5.41, 5.74) is 1.89. The van der Waals surface area contributed by atoms with Gasteiger partial charge >= 0.3 is 5.97 Å². The fourth-order valence-corrected chi connectivity index (χ4v) is 2.70. The fourth-order valence-electron chi connectivity index (χ4n) is 1.19. The van der Waals surface area contributed by atoms with Crippen molar-refractivity contribution in [2.75, 3.05) is 7.11 Å². The Labute approximate surface area is 110 Å². The lowest BCUT2D eigenvalue weighted by atomic mass is 10.1. The van der Waals surface area contributed by atoms with Crippen molar-refractivity contribution in [2.24, 2.45) is 0 Å². The molecule has 5 heteroatoms.